The fourth-order valence-corrected chi connectivity index (χ4v) is 8.36. The lowest BCUT2D eigenvalue weighted by atomic mass is 10.1. The number of nitrogens with zero attached hydrogens (tertiary/aromatic N) is 6. The quantitative estimate of drug-likeness (QED) is 0.198. The summed E-state index contributed by atoms with van der Waals surface area (Å²) in [6, 6.07) is 8.45. The monoisotopic (exact) mass is 642 g/mol. The molecule has 0 radical (unpaired) electrons. The molecule has 0 saturated heterocycles. The Hall–Kier alpha value is -4.88. The highest BCUT2D eigenvalue weighted by Gasteiger charge is 2.20. The van der Waals surface area contributed by atoms with Crippen molar-refractivity contribution in [2.45, 2.75) is 0 Å². The minimum Gasteiger partial charge on any atom is -0.354 e. The predicted molar refractivity (Wildman–Crippen MR) is 183 cm³/mol. The van der Waals surface area contributed by atoms with Crippen LogP contribution in [0.5, 0.6) is 0 Å². The van der Waals surface area contributed by atoms with Crippen LogP contribution in [0.25, 0.3) is 88.1 Å². The van der Waals surface area contributed by atoms with Gasteiger partial charge in [0, 0.05) is 69.1 Å². The molecule has 0 unspecified atom stereocenters. The molecule has 12 heteroatoms. The molecule has 0 aliphatic carbocycles. The van der Waals surface area contributed by atoms with E-state index in [1.54, 1.807) is 45.3 Å². The Bertz CT molecular complexity index is 2050. The minimum atomic E-state index is 0.864. The van der Waals surface area contributed by atoms with Crippen LogP contribution in [0, 0.1) is 0 Å². The first kappa shape index (κ1) is 25.6. The first-order chi connectivity index (χ1) is 21.8. The van der Waals surface area contributed by atoms with Gasteiger partial charge in [0.25, 0.3) is 0 Å². The molecule has 9 heterocycles. The van der Waals surface area contributed by atoms with Crippen LogP contribution in [-0.2, 0) is 0 Å². The van der Waals surface area contributed by atoms with Crippen LogP contribution >= 0.6 is 45.3 Å². The molecule has 0 aromatic carbocycles. The summed E-state index contributed by atoms with van der Waals surface area (Å²) < 4.78 is 0. The van der Waals surface area contributed by atoms with Crippen LogP contribution in [-0.4, -0.2) is 39.9 Å². The molecule has 2 aliphatic heterocycles. The Morgan fingerprint density at radius 1 is 0.386 bits per heavy atom. The number of hydrogen-bond acceptors (Lipinski definition) is 10. The summed E-state index contributed by atoms with van der Waals surface area (Å²) in [6.07, 6.45) is 15.9. The molecule has 0 saturated carbocycles. The van der Waals surface area contributed by atoms with Crippen molar-refractivity contribution >= 4 is 91.7 Å². The maximum atomic E-state index is 5.23. The third-order valence-electron chi connectivity index (χ3n) is 7.47. The summed E-state index contributed by atoms with van der Waals surface area (Å²) in [6.45, 7) is 0. The first-order valence-electron chi connectivity index (χ1n) is 13.5. The molecule has 44 heavy (non-hydrogen) atoms. The van der Waals surface area contributed by atoms with Gasteiger partial charge in [0.1, 0.15) is 0 Å². The summed E-state index contributed by atoms with van der Waals surface area (Å²) >= 11 is 6.37. The van der Waals surface area contributed by atoms with Gasteiger partial charge >= 0.3 is 0 Å². The SMILES string of the molecule is C1=Cc2nc1c(-c1cncs1)c1ccc([nH]1)c(-c1cncs1)c1nc(c(-c3cncs3)c3ccc([nH]3)c2-c2cncs2)C=C1. The van der Waals surface area contributed by atoms with Crippen LogP contribution < -0.4 is 0 Å². The lowest BCUT2D eigenvalue weighted by Crippen LogP contribution is -1.87. The van der Waals surface area contributed by atoms with E-state index in [4.69, 9.17) is 9.97 Å². The fourth-order valence-electron chi connectivity index (χ4n) is 5.60. The van der Waals surface area contributed by atoms with E-state index in [2.05, 4.69) is 78.5 Å². The zero-order chi connectivity index (χ0) is 29.0. The smallest absolute Gasteiger partial charge is 0.0798 e. The van der Waals surface area contributed by atoms with Crippen LogP contribution in [0.15, 0.2) is 71.1 Å². The second kappa shape index (κ2) is 10.4. The van der Waals surface area contributed by atoms with Gasteiger partial charge in [0.2, 0.25) is 0 Å². The fraction of sp³-hybridized carbons (Fsp3) is 0. The lowest BCUT2D eigenvalue weighted by molar-refractivity contribution is 1.31. The second-order valence-electron chi connectivity index (χ2n) is 9.97. The Balaban J connectivity index is 1.49. The molecule has 7 aromatic heterocycles. The van der Waals surface area contributed by atoms with Gasteiger partial charge in [-0.15, -0.1) is 45.3 Å². The van der Waals surface area contributed by atoms with Crippen molar-refractivity contribution in [3.63, 3.8) is 0 Å². The van der Waals surface area contributed by atoms with E-state index < -0.39 is 0 Å². The van der Waals surface area contributed by atoms with Crippen molar-refractivity contribution in [2.75, 3.05) is 0 Å². The molecule has 9 rings (SSSR count). The van der Waals surface area contributed by atoms with Crippen molar-refractivity contribution < 1.29 is 0 Å². The molecule has 0 atom stereocenters. The average Bonchev–Trinajstić information content (AvgIpc) is 3.90. The zero-order valence-electron chi connectivity index (χ0n) is 22.6. The summed E-state index contributed by atoms with van der Waals surface area (Å²) in [5.74, 6) is 0. The highest BCUT2D eigenvalue weighted by Crippen LogP contribution is 2.40. The number of nitrogens with one attached hydrogen (secondary N) is 2. The molecule has 8 bridgehead atoms. The average molecular weight is 643 g/mol. The summed E-state index contributed by atoms with van der Waals surface area (Å²) in [4.78, 5) is 39.6. The maximum Gasteiger partial charge on any atom is 0.0798 e. The number of H-pyrrole nitrogens is 2. The van der Waals surface area contributed by atoms with Crippen LogP contribution in [0.4, 0.5) is 0 Å². The molecule has 2 N–H and O–H groups in total. The zero-order valence-corrected chi connectivity index (χ0v) is 25.8. The molecule has 210 valence electrons. The van der Waals surface area contributed by atoms with Crippen molar-refractivity contribution in [2.24, 2.45) is 0 Å². The third-order valence-corrected chi connectivity index (χ3v) is 10.6. The minimum absolute atomic E-state index is 0.864. The van der Waals surface area contributed by atoms with Gasteiger partial charge in [0.05, 0.1) is 64.3 Å². The Morgan fingerprint density at radius 2 is 0.659 bits per heavy atom. The summed E-state index contributed by atoms with van der Waals surface area (Å²) in [5.41, 5.74) is 18.7. The van der Waals surface area contributed by atoms with Crippen molar-refractivity contribution in [3.05, 3.63) is 93.9 Å². The topological polar surface area (TPSA) is 109 Å². The molecule has 7 aromatic rings. The Kier molecular flexibility index (Phi) is 6.04. The molecule has 0 spiro atoms. The summed E-state index contributed by atoms with van der Waals surface area (Å²) in [5, 5.41) is 0. The standard InChI is InChI=1S/C32H18N8S4/c1-2-18-30(26-10-34-14-42-26)20-5-6-22(39-20)32(28-12-36-16-44-28)24-8-7-23(40-24)31(27-11-35-15-43-27)21-4-3-19(38-21)29(17(1)37-18)25-9-33-13-41-25/h1-16,37,40H. The normalized spacial score (nSPS) is 12.4. The van der Waals surface area contributed by atoms with Crippen molar-refractivity contribution in [3.8, 4) is 41.8 Å². The van der Waals surface area contributed by atoms with Gasteiger partial charge in [-0.3, -0.25) is 19.9 Å². The number of rotatable bonds is 4. The van der Waals surface area contributed by atoms with Crippen LogP contribution in [0.2, 0.25) is 0 Å². The molecule has 0 fully saturated rings. The van der Waals surface area contributed by atoms with Crippen LogP contribution in [0.3, 0.4) is 0 Å². The largest absolute Gasteiger partial charge is 0.354 e. The number of aromatic nitrogens is 8. The lowest BCUT2D eigenvalue weighted by Gasteiger charge is -2.03. The van der Waals surface area contributed by atoms with E-state index in [9.17, 15) is 0 Å². The van der Waals surface area contributed by atoms with Gasteiger partial charge < -0.3 is 9.97 Å². The predicted octanol–water partition coefficient (Wildman–Crippen LogP) is 9.15. The molecule has 8 nitrogen and oxygen atoms in total. The number of aromatic amines is 2. The maximum absolute atomic E-state index is 5.23. The highest BCUT2D eigenvalue weighted by atomic mass is 32.1. The van der Waals surface area contributed by atoms with E-state index >= 15 is 0 Å². The van der Waals surface area contributed by atoms with E-state index in [0.29, 0.717) is 0 Å². The molecular formula is C32H18N8S4. The summed E-state index contributed by atoms with van der Waals surface area (Å²) in [7, 11) is 0. The van der Waals surface area contributed by atoms with Gasteiger partial charge in [-0.05, 0) is 48.6 Å². The second-order valence-corrected chi connectivity index (χ2v) is 13.5. The molecule has 0 amide bonds. The molecule has 2 aliphatic rings. The van der Waals surface area contributed by atoms with E-state index in [1.165, 1.54) is 0 Å². The molecular weight excluding hydrogens is 625 g/mol. The van der Waals surface area contributed by atoms with Crippen LogP contribution in [0.1, 0.15) is 22.8 Å². The number of fused-ring (bicyclic) bond motifs is 8. The van der Waals surface area contributed by atoms with Gasteiger partial charge in [-0.2, -0.15) is 0 Å². The van der Waals surface area contributed by atoms with Crippen molar-refractivity contribution in [1.29, 1.82) is 0 Å². The van der Waals surface area contributed by atoms with E-state index in [-0.39, 0.29) is 0 Å². The first-order valence-corrected chi connectivity index (χ1v) is 17.0. The van der Waals surface area contributed by atoms with Gasteiger partial charge in [-0.25, -0.2) is 9.97 Å². The Morgan fingerprint density at radius 3 is 0.886 bits per heavy atom. The number of hydrogen-bond donors (Lipinski definition) is 2. The number of thiazole rings is 4. The van der Waals surface area contributed by atoms with E-state index in [1.807, 2.05) is 46.8 Å². The third kappa shape index (κ3) is 4.22. The van der Waals surface area contributed by atoms with Gasteiger partial charge in [0.15, 0.2) is 0 Å². The van der Waals surface area contributed by atoms with E-state index in [0.717, 1.165) is 86.6 Å². The Labute approximate surface area is 265 Å². The van der Waals surface area contributed by atoms with Crippen molar-refractivity contribution in [1.82, 2.24) is 39.9 Å². The van der Waals surface area contributed by atoms with Gasteiger partial charge in [-0.1, -0.05) is 0 Å². The highest BCUT2D eigenvalue weighted by molar-refractivity contribution is 7.14.